The van der Waals surface area contributed by atoms with E-state index >= 15 is 0 Å². The molecule has 2 aromatic rings. The number of rotatable bonds is 3. The van der Waals surface area contributed by atoms with E-state index in [1.54, 1.807) is 6.08 Å². The van der Waals surface area contributed by atoms with Crippen LogP contribution in [0.2, 0.25) is 0 Å². The molecule has 1 heterocycles. The summed E-state index contributed by atoms with van der Waals surface area (Å²) in [5.41, 5.74) is 2.92. The van der Waals surface area contributed by atoms with E-state index in [4.69, 9.17) is 0 Å². The zero-order valence-electron chi connectivity index (χ0n) is 11.5. The van der Waals surface area contributed by atoms with Gasteiger partial charge in [-0.3, -0.25) is 10.1 Å². The number of hydrogen-bond donors (Lipinski definition) is 1. The quantitative estimate of drug-likeness (QED) is 0.808. The number of nitrogens with zero attached hydrogens (tertiary/aromatic N) is 1. The van der Waals surface area contributed by atoms with Gasteiger partial charge in [-0.05, 0) is 32.9 Å². The van der Waals surface area contributed by atoms with Crippen LogP contribution in [0.15, 0.2) is 40.4 Å². The molecule has 0 bridgehead atoms. The van der Waals surface area contributed by atoms with Crippen LogP contribution in [0.3, 0.4) is 0 Å². The number of allylic oxidation sites excluding steroid dienone is 1. The minimum Gasteiger partial charge on any atom is -0.298 e. The van der Waals surface area contributed by atoms with Gasteiger partial charge < -0.3 is 0 Å². The van der Waals surface area contributed by atoms with Gasteiger partial charge in [-0.15, -0.1) is 11.3 Å². The van der Waals surface area contributed by atoms with Crippen molar-refractivity contribution in [3.8, 4) is 11.3 Å². The highest BCUT2D eigenvalue weighted by Gasteiger charge is 2.11. The summed E-state index contributed by atoms with van der Waals surface area (Å²) in [6, 6.07) is 7.98. The highest BCUT2D eigenvalue weighted by Crippen LogP contribution is 2.31. The number of benzene rings is 1. The maximum atomic E-state index is 11.7. The second-order valence-corrected chi connectivity index (χ2v) is 6.76. The normalized spacial score (nSPS) is 10.2. The van der Waals surface area contributed by atoms with E-state index in [0.717, 1.165) is 26.2 Å². The van der Waals surface area contributed by atoms with E-state index in [0.29, 0.717) is 5.13 Å². The molecule has 0 unspecified atom stereocenters. The number of nitrogens with one attached hydrogen (secondary N) is 1. The Hall–Kier alpha value is -1.46. The third-order valence-corrected chi connectivity index (χ3v) is 3.98. The molecule has 2 rings (SSSR count). The number of aromatic nitrogens is 1. The first-order chi connectivity index (χ1) is 9.45. The highest BCUT2D eigenvalue weighted by atomic mass is 79.9. The van der Waals surface area contributed by atoms with E-state index in [2.05, 4.69) is 26.2 Å². The van der Waals surface area contributed by atoms with Crippen molar-refractivity contribution in [1.29, 1.82) is 0 Å². The smallest absolute Gasteiger partial charge is 0.250 e. The lowest BCUT2D eigenvalue weighted by molar-refractivity contribution is -0.111. The van der Waals surface area contributed by atoms with Gasteiger partial charge in [-0.25, -0.2) is 4.98 Å². The predicted molar refractivity (Wildman–Crippen MR) is 88.0 cm³/mol. The molecule has 0 spiro atoms. The van der Waals surface area contributed by atoms with Gasteiger partial charge in [0, 0.05) is 21.0 Å². The van der Waals surface area contributed by atoms with E-state index in [1.807, 2.05) is 45.0 Å². The van der Waals surface area contributed by atoms with Crippen LogP contribution in [0.25, 0.3) is 11.3 Å². The Balaban J connectivity index is 2.24. The summed E-state index contributed by atoms with van der Waals surface area (Å²) in [5, 5.41) is 3.43. The van der Waals surface area contributed by atoms with Crippen molar-refractivity contribution in [2.75, 3.05) is 5.32 Å². The van der Waals surface area contributed by atoms with Gasteiger partial charge in [0.2, 0.25) is 5.91 Å². The van der Waals surface area contributed by atoms with Gasteiger partial charge in [-0.2, -0.15) is 0 Å². The number of aryl methyl sites for hydroxylation is 1. The minimum absolute atomic E-state index is 0.138. The Morgan fingerprint density at radius 3 is 2.55 bits per heavy atom. The Bertz CT molecular complexity index is 655. The van der Waals surface area contributed by atoms with E-state index < -0.39 is 0 Å². The fourth-order valence-corrected chi connectivity index (χ4v) is 2.83. The van der Waals surface area contributed by atoms with Crippen molar-refractivity contribution in [3.05, 3.63) is 45.3 Å². The molecular formula is C15H15BrN2OS. The molecule has 20 heavy (non-hydrogen) atoms. The molecular weight excluding hydrogens is 336 g/mol. The number of carbonyl (C=O) groups is 1. The zero-order chi connectivity index (χ0) is 14.7. The van der Waals surface area contributed by atoms with Gasteiger partial charge in [0.05, 0.1) is 5.69 Å². The van der Waals surface area contributed by atoms with Crippen molar-refractivity contribution in [3.63, 3.8) is 0 Å². The van der Waals surface area contributed by atoms with Crippen molar-refractivity contribution >= 4 is 38.3 Å². The third-order valence-electron chi connectivity index (χ3n) is 2.56. The average molecular weight is 351 g/mol. The number of hydrogen-bond acceptors (Lipinski definition) is 3. The van der Waals surface area contributed by atoms with Crippen LogP contribution in [-0.2, 0) is 4.79 Å². The van der Waals surface area contributed by atoms with E-state index in [1.165, 1.54) is 11.3 Å². The average Bonchev–Trinajstić information content (AvgIpc) is 2.70. The standard InChI is InChI=1S/C15H15BrN2OS/c1-9(2)8-13(19)17-15-18-14(10(3)20-15)11-4-6-12(16)7-5-11/h4-8H,1-3H3,(H,17,18,19). The predicted octanol–water partition coefficient (Wildman–Crippen LogP) is 4.79. The molecule has 0 radical (unpaired) electrons. The second kappa shape index (κ2) is 6.33. The fourth-order valence-electron chi connectivity index (χ4n) is 1.73. The van der Waals surface area contributed by atoms with Crippen LogP contribution in [0.4, 0.5) is 5.13 Å². The van der Waals surface area contributed by atoms with Crippen LogP contribution in [0, 0.1) is 6.92 Å². The molecule has 0 aliphatic rings. The summed E-state index contributed by atoms with van der Waals surface area (Å²) in [5.74, 6) is -0.138. The molecule has 5 heteroatoms. The summed E-state index contributed by atoms with van der Waals surface area (Å²) < 4.78 is 1.03. The Morgan fingerprint density at radius 2 is 1.95 bits per heavy atom. The molecule has 1 amide bonds. The van der Waals surface area contributed by atoms with Crippen LogP contribution in [-0.4, -0.2) is 10.9 Å². The summed E-state index contributed by atoms with van der Waals surface area (Å²) >= 11 is 4.90. The largest absolute Gasteiger partial charge is 0.298 e. The maximum Gasteiger partial charge on any atom is 0.250 e. The molecule has 1 aromatic carbocycles. The van der Waals surface area contributed by atoms with Crippen LogP contribution in [0.5, 0.6) is 0 Å². The highest BCUT2D eigenvalue weighted by molar-refractivity contribution is 9.10. The van der Waals surface area contributed by atoms with Crippen LogP contribution < -0.4 is 5.32 Å². The molecule has 0 saturated heterocycles. The zero-order valence-corrected chi connectivity index (χ0v) is 13.9. The Labute approximate surface area is 130 Å². The number of anilines is 1. The lowest BCUT2D eigenvalue weighted by Gasteiger charge is -1.99. The van der Waals surface area contributed by atoms with Crippen LogP contribution >= 0.6 is 27.3 Å². The van der Waals surface area contributed by atoms with Gasteiger partial charge in [0.25, 0.3) is 0 Å². The second-order valence-electron chi connectivity index (χ2n) is 4.64. The third kappa shape index (κ3) is 3.77. The number of thiazole rings is 1. The molecule has 0 saturated carbocycles. The molecule has 3 nitrogen and oxygen atoms in total. The maximum absolute atomic E-state index is 11.7. The summed E-state index contributed by atoms with van der Waals surface area (Å²) in [7, 11) is 0. The van der Waals surface area contributed by atoms with E-state index in [-0.39, 0.29) is 5.91 Å². The molecule has 0 aliphatic carbocycles. The molecule has 1 N–H and O–H groups in total. The summed E-state index contributed by atoms with van der Waals surface area (Å²) in [6.07, 6.45) is 1.57. The molecule has 0 atom stereocenters. The Kier molecular flexibility index (Phi) is 4.73. The van der Waals surface area contributed by atoms with Gasteiger partial charge in [-0.1, -0.05) is 33.6 Å². The lowest BCUT2D eigenvalue weighted by atomic mass is 10.1. The van der Waals surface area contributed by atoms with Crippen molar-refractivity contribution in [1.82, 2.24) is 4.98 Å². The van der Waals surface area contributed by atoms with Crippen LogP contribution in [0.1, 0.15) is 18.7 Å². The van der Waals surface area contributed by atoms with Gasteiger partial charge >= 0.3 is 0 Å². The molecule has 0 fully saturated rings. The van der Waals surface area contributed by atoms with Crippen molar-refractivity contribution in [2.24, 2.45) is 0 Å². The van der Waals surface area contributed by atoms with E-state index in [9.17, 15) is 4.79 Å². The summed E-state index contributed by atoms with van der Waals surface area (Å²) in [6.45, 7) is 5.78. The number of halogens is 1. The van der Waals surface area contributed by atoms with Gasteiger partial charge in [0.15, 0.2) is 5.13 Å². The topological polar surface area (TPSA) is 42.0 Å². The van der Waals surface area contributed by atoms with Crippen molar-refractivity contribution in [2.45, 2.75) is 20.8 Å². The lowest BCUT2D eigenvalue weighted by Crippen LogP contribution is -2.07. The van der Waals surface area contributed by atoms with Crippen molar-refractivity contribution < 1.29 is 4.79 Å². The molecule has 1 aromatic heterocycles. The number of amides is 1. The summed E-state index contributed by atoms with van der Waals surface area (Å²) in [4.78, 5) is 17.3. The van der Waals surface area contributed by atoms with Gasteiger partial charge in [0.1, 0.15) is 0 Å². The molecule has 104 valence electrons. The number of carbonyl (C=O) groups excluding carboxylic acids is 1. The Morgan fingerprint density at radius 1 is 1.30 bits per heavy atom. The SMILES string of the molecule is CC(C)=CC(=O)Nc1nc(-c2ccc(Br)cc2)c(C)s1. The molecule has 0 aliphatic heterocycles. The first kappa shape index (κ1) is 14.9. The fraction of sp³-hybridized carbons (Fsp3) is 0.200. The first-order valence-corrected chi connectivity index (χ1v) is 7.76. The first-order valence-electron chi connectivity index (χ1n) is 6.15. The monoisotopic (exact) mass is 350 g/mol. The minimum atomic E-state index is -0.138.